The van der Waals surface area contributed by atoms with Crippen LogP contribution in [0.25, 0.3) is 22.3 Å². The third kappa shape index (κ3) is 4.06. The zero-order valence-electron chi connectivity index (χ0n) is 16.4. The van der Waals surface area contributed by atoms with Gasteiger partial charge in [-0.1, -0.05) is 6.07 Å². The minimum absolute atomic E-state index is 0.136. The predicted molar refractivity (Wildman–Crippen MR) is 118 cm³/mol. The van der Waals surface area contributed by atoms with Crippen molar-refractivity contribution in [3.05, 3.63) is 75.1 Å². The van der Waals surface area contributed by atoms with Crippen LogP contribution in [0.2, 0.25) is 0 Å². The Bertz CT molecular complexity index is 1260. The van der Waals surface area contributed by atoms with Crippen molar-refractivity contribution in [1.82, 2.24) is 0 Å². The van der Waals surface area contributed by atoms with Gasteiger partial charge in [0.05, 0.1) is 26.0 Å². The molecule has 0 aliphatic rings. The minimum atomic E-state index is -0.199. The van der Waals surface area contributed by atoms with E-state index in [1.165, 1.54) is 17.4 Å². The lowest BCUT2D eigenvalue weighted by molar-refractivity contribution is -0.115. The summed E-state index contributed by atoms with van der Waals surface area (Å²) in [6.45, 7) is 0. The molecular weight excluding hydrogens is 402 g/mol. The molecule has 30 heavy (non-hydrogen) atoms. The number of fused-ring (bicyclic) bond motifs is 1. The van der Waals surface area contributed by atoms with Gasteiger partial charge in [0.15, 0.2) is 16.9 Å². The second-order valence-electron chi connectivity index (χ2n) is 6.56. The van der Waals surface area contributed by atoms with Crippen molar-refractivity contribution in [2.45, 2.75) is 6.42 Å². The highest BCUT2D eigenvalue weighted by molar-refractivity contribution is 7.10. The number of nitrogens with one attached hydrogen (secondary N) is 1. The Hall–Kier alpha value is -3.58. The molecule has 0 aliphatic heterocycles. The third-order valence-electron chi connectivity index (χ3n) is 4.59. The largest absolute Gasteiger partial charge is 0.493 e. The molecule has 1 N–H and O–H groups in total. The molecule has 0 spiro atoms. The van der Waals surface area contributed by atoms with Gasteiger partial charge in [0.2, 0.25) is 5.91 Å². The number of hydrogen-bond donors (Lipinski definition) is 1. The lowest BCUT2D eigenvalue weighted by Crippen LogP contribution is -2.14. The summed E-state index contributed by atoms with van der Waals surface area (Å²) in [4.78, 5) is 25.9. The second-order valence-corrected chi connectivity index (χ2v) is 7.59. The number of benzene rings is 2. The summed E-state index contributed by atoms with van der Waals surface area (Å²) in [7, 11) is 3.11. The van der Waals surface area contributed by atoms with Crippen molar-refractivity contribution in [1.29, 1.82) is 0 Å². The molecular formula is C23H19NO5S. The van der Waals surface area contributed by atoms with E-state index in [4.69, 9.17) is 13.9 Å². The van der Waals surface area contributed by atoms with E-state index in [9.17, 15) is 9.59 Å². The quantitative estimate of drug-likeness (QED) is 0.487. The van der Waals surface area contributed by atoms with Gasteiger partial charge in [0.1, 0.15) is 11.3 Å². The molecule has 0 saturated carbocycles. The number of carbonyl (C=O) groups is 1. The first kappa shape index (κ1) is 19.7. The smallest absolute Gasteiger partial charge is 0.229 e. The van der Waals surface area contributed by atoms with Gasteiger partial charge >= 0.3 is 0 Å². The molecule has 0 bridgehead atoms. The molecule has 0 aliphatic carbocycles. The van der Waals surface area contributed by atoms with Crippen molar-refractivity contribution >= 4 is 33.9 Å². The van der Waals surface area contributed by atoms with Gasteiger partial charge in [-0.15, -0.1) is 11.3 Å². The van der Waals surface area contributed by atoms with Crippen LogP contribution in [0.15, 0.2) is 69.2 Å². The van der Waals surface area contributed by atoms with E-state index in [2.05, 4.69) is 5.32 Å². The SMILES string of the molecule is COc1ccc(-c2cc(=O)c3cc(NC(=O)Cc4cccs4)ccc3o2)cc1OC. The Labute approximate surface area is 176 Å². The summed E-state index contributed by atoms with van der Waals surface area (Å²) in [6.07, 6.45) is 0.294. The summed E-state index contributed by atoms with van der Waals surface area (Å²) < 4.78 is 16.5. The molecule has 0 fully saturated rings. The molecule has 2 aromatic heterocycles. The van der Waals surface area contributed by atoms with Crippen molar-refractivity contribution in [2.24, 2.45) is 0 Å². The molecule has 0 radical (unpaired) electrons. The van der Waals surface area contributed by atoms with Crippen molar-refractivity contribution in [2.75, 3.05) is 19.5 Å². The van der Waals surface area contributed by atoms with Gasteiger partial charge < -0.3 is 19.2 Å². The fourth-order valence-electron chi connectivity index (χ4n) is 3.14. The maximum atomic E-state index is 12.7. The van der Waals surface area contributed by atoms with Crippen LogP contribution in [0.5, 0.6) is 11.5 Å². The van der Waals surface area contributed by atoms with Crippen LogP contribution in [0, 0.1) is 0 Å². The summed E-state index contributed by atoms with van der Waals surface area (Å²) in [6, 6.07) is 15.6. The summed E-state index contributed by atoms with van der Waals surface area (Å²) >= 11 is 1.53. The number of ether oxygens (including phenoxy) is 2. The van der Waals surface area contributed by atoms with Gasteiger partial charge in [0, 0.05) is 22.2 Å². The third-order valence-corrected chi connectivity index (χ3v) is 5.47. The monoisotopic (exact) mass is 421 g/mol. The van der Waals surface area contributed by atoms with E-state index in [1.54, 1.807) is 50.6 Å². The Balaban J connectivity index is 1.63. The van der Waals surface area contributed by atoms with E-state index in [0.717, 1.165) is 4.88 Å². The molecule has 1 amide bonds. The Kier molecular flexibility index (Phi) is 5.54. The molecule has 6 nitrogen and oxygen atoms in total. The Morgan fingerprint density at radius 2 is 1.87 bits per heavy atom. The fourth-order valence-corrected chi connectivity index (χ4v) is 3.85. The molecule has 7 heteroatoms. The maximum absolute atomic E-state index is 12.7. The molecule has 4 aromatic rings. The first-order valence-electron chi connectivity index (χ1n) is 9.20. The highest BCUT2D eigenvalue weighted by atomic mass is 32.1. The zero-order valence-corrected chi connectivity index (χ0v) is 17.2. The van der Waals surface area contributed by atoms with E-state index in [0.29, 0.717) is 45.9 Å². The number of hydrogen-bond acceptors (Lipinski definition) is 6. The van der Waals surface area contributed by atoms with E-state index in [1.807, 2.05) is 17.5 Å². The van der Waals surface area contributed by atoms with Gasteiger partial charge in [-0.3, -0.25) is 9.59 Å². The fraction of sp³-hybridized carbons (Fsp3) is 0.130. The topological polar surface area (TPSA) is 77.8 Å². The normalized spacial score (nSPS) is 10.7. The standard InChI is InChI=1S/C23H19NO5S/c1-27-20-7-5-14(10-22(20)28-2)21-13-18(25)17-11-15(6-8-19(17)29-21)24-23(26)12-16-4-3-9-30-16/h3-11,13H,12H2,1-2H3,(H,24,26). The first-order valence-corrected chi connectivity index (χ1v) is 10.1. The van der Waals surface area contributed by atoms with E-state index in [-0.39, 0.29) is 11.3 Å². The van der Waals surface area contributed by atoms with E-state index >= 15 is 0 Å². The van der Waals surface area contributed by atoms with Crippen LogP contribution >= 0.6 is 11.3 Å². The van der Waals surface area contributed by atoms with Crippen LogP contribution in [0.4, 0.5) is 5.69 Å². The number of amides is 1. The van der Waals surface area contributed by atoms with Gasteiger partial charge in [-0.2, -0.15) is 0 Å². The van der Waals surface area contributed by atoms with Crippen LogP contribution < -0.4 is 20.2 Å². The van der Waals surface area contributed by atoms with Gasteiger partial charge in [-0.25, -0.2) is 0 Å². The van der Waals surface area contributed by atoms with Gasteiger partial charge in [0.25, 0.3) is 0 Å². The molecule has 4 rings (SSSR count). The summed E-state index contributed by atoms with van der Waals surface area (Å²) in [5, 5.41) is 5.16. The Morgan fingerprint density at radius 3 is 2.60 bits per heavy atom. The van der Waals surface area contributed by atoms with Crippen LogP contribution in [0.1, 0.15) is 4.88 Å². The van der Waals surface area contributed by atoms with Crippen LogP contribution in [-0.2, 0) is 11.2 Å². The highest BCUT2D eigenvalue weighted by Gasteiger charge is 2.12. The number of rotatable bonds is 6. The summed E-state index contributed by atoms with van der Waals surface area (Å²) in [5.41, 5.74) is 1.48. The number of methoxy groups -OCH3 is 2. The van der Waals surface area contributed by atoms with Crippen LogP contribution in [0.3, 0.4) is 0 Å². The molecule has 152 valence electrons. The lowest BCUT2D eigenvalue weighted by Gasteiger charge is -2.10. The molecule has 0 atom stereocenters. The first-order chi connectivity index (χ1) is 14.6. The molecule has 0 unspecified atom stereocenters. The molecule has 2 heterocycles. The minimum Gasteiger partial charge on any atom is -0.493 e. The average molecular weight is 421 g/mol. The van der Waals surface area contributed by atoms with Gasteiger partial charge in [-0.05, 0) is 47.8 Å². The maximum Gasteiger partial charge on any atom is 0.229 e. The lowest BCUT2D eigenvalue weighted by atomic mass is 10.1. The van der Waals surface area contributed by atoms with E-state index < -0.39 is 0 Å². The summed E-state index contributed by atoms with van der Waals surface area (Å²) in [5.74, 6) is 1.42. The zero-order chi connectivity index (χ0) is 21.1. The number of carbonyl (C=O) groups excluding carboxylic acids is 1. The average Bonchev–Trinajstić information content (AvgIpc) is 3.26. The van der Waals surface area contributed by atoms with Crippen LogP contribution in [-0.4, -0.2) is 20.1 Å². The highest BCUT2D eigenvalue weighted by Crippen LogP contribution is 2.33. The molecule has 2 aromatic carbocycles. The number of anilines is 1. The Morgan fingerprint density at radius 1 is 1.03 bits per heavy atom. The molecule has 0 saturated heterocycles. The van der Waals surface area contributed by atoms with Crippen molar-refractivity contribution in [3.8, 4) is 22.8 Å². The number of thiophene rings is 1. The second kappa shape index (κ2) is 8.42. The van der Waals surface area contributed by atoms with Crippen molar-refractivity contribution in [3.63, 3.8) is 0 Å². The van der Waals surface area contributed by atoms with Crippen molar-refractivity contribution < 1.29 is 18.7 Å². The predicted octanol–water partition coefficient (Wildman–Crippen LogP) is 4.72.